The Balaban J connectivity index is 1.28. The van der Waals surface area contributed by atoms with Gasteiger partial charge >= 0.3 is 0 Å². The SMILES string of the molecule is Cc1ccc(OCCOc2ccc(/C=C(/C#N)C(=O)Nc3nnc(N4CCCCC4)s3)cc2)cc1. The lowest BCUT2D eigenvalue weighted by atomic mass is 10.1. The van der Waals surface area contributed by atoms with E-state index >= 15 is 0 Å². The van der Waals surface area contributed by atoms with E-state index in [-0.39, 0.29) is 5.57 Å². The Morgan fingerprint density at radius 3 is 2.29 bits per heavy atom. The Labute approximate surface area is 208 Å². The number of aryl methyl sites for hydroxylation is 1. The van der Waals surface area contributed by atoms with Gasteiger partial charge in [0.1, 0.15) is 36.4 Å². The topological polar surface area (TPSA) is 100 Å². The first-order valence-electron chi connectivity index (χ1n) is 11.5. The van der Waals surface area contributed by atoms with Crippen molar-refractivity contribution >= 4 is 33.6 Å². The zero-order valence-corrected chi connectivity index (χ0v) is 20.4. The second kappa shape index (κ2) is 12.0. The monoisotopic (exact) mass is 489 g/mol. The number of carbonyl (C=O) groups excluding carboxylic acids is 1. The van der Waals surface area contributed by atoms with Crippen LogP contribution in [0, 0.1) is 18.3 Å². The molecule has 4 rings (SSSR count). The van der Waals surface area contributed by atoms with Crippen molar-refractivity contribution in [1.29, 1.82) is 5.26 Å². The Morgan fingerprint density at radius 1 is 1.03 bits per heavy atom. The zero-order chi connectivity index (χ0) is 24.5. The summed E-state index contributed by atoms with van der Waals surface area (Å²) in [7, 11) is 0. The van der Waals surface area contributed by atoms with Crippen molar-refractivity contribution < 1.29 is 14.3 Å². The molecule has 1 amide bonds. The number of carbonyl (C=O) groups is 1. The minimum absolute atomic E-state index is 0.0140. The number of ether oxygens (including phenoxy) is 2. The highest BCUT2D eigenvalue weighted by atomic mass is 32.1. The summed E-state index contributed by atoms with van der Waals surface area (Å²) in [6, 6.07) is 17.0. The quantitative estimate of drug-likeness (QED) is 0.261. The van der Waals surface area contributed by atoms with Crippen LogP contribution in [0.1, 0.15) is 30.4 Å². The molecule has 8 nitrogen and oxygen atoms in total. The molecule has 1 aromatic heterocycles. The molecule has 9 heteroatoms. The highest BCUT2D eigenvalue weighted by Gasteiger charge is 2.17. The lowest BCUT2D eigenvalue weighted by Crippen LogP contribution is -2.29. The zero-order valence-electron chi connectivity index (χ0n) is 19.6. The molecule has 1 N–H and O–H groups in total. The molecule has 2 aromatic carbocycles. The van der Waals surface area contributed by atoms with Gasteiger partial charge in [0, 0.05) is 13.1 Å². The third-order valence-corrected chi connectivity index (χ3v) is 6.36. The van der Waals surface area contributed by atoms with E-state index in [0.29, 0.717) is 29.7 Å². The van der Waals surface area contributed by atoms with Crippen LogP contribution in [-0.2, 0) is 4.79 Å². The van der Waals surface area contributed by atoms with E-state index in [1.807, 2.05) is 37.3 Å². The fourth-order valence-corrected chi connectivity index (χ4v) is 4.36. The molecule has 3 aromatic rings. The van der Waals surface area contributed by atoms with Gasteiger partial charge in [-0.1, -0.05) is 41.2 Å². The van der Waals surface area contributed by atoms with Crippen LogP contribution in [0.2, 0.25) is 0 Å². The molecule has 2 heterocycles. The molecule has 0 radical (unpaired) electrons. The number of amides is 1. The second-order valence-corrected chi connectivity index (χ2v) is 9.10. The summed E-state index contributed by atoms with van der Waals surface area (Å²) in [6.07, 6.45) is 5.03. The fraction of sp³-hybridized carbons (Fsp3) is 0.308. The molecular weight excluding hydrogens is 462 g/mol. The van der Waals surface area contributed by atoms with Gasteiger partial charge in [0.15, 0.2) is 0 Å². The number of nitriles is 1. The van der Waals surface area contributed by atoms with Crippen LogP contribution in [0.3, 0.4) is 0 Å². The highest BCUT2D eigenvalue weighted by molar-refractivity contribution is 7.19. The van der Waals surface area contributed by atoms with Crippen molar-refractivity contribution in [3.8, 4) is 17.6 Å². The maximum absolute atomic E-state index is 12.6. The highest BCUT2D eigenvalue weighted by Crippen LogP contribution is 2.27. The van der Waals surface area contributed by atoms with Gasteiger partial charge in [-0.15, -0.1) is 10.2 Å². The standard InChI is InChI=1S/C26H27N5O3S/c1-19-5-9-22(10-6-19)33-15-16-34-23-11-7-20(8-12-23)17-21(18-27)24(32)28-25-29-30-26(35-25)31-13-3-2-4-14-31/h5-12,17H,2-4,13-16H2,1H3,(H,28,29,32)/b21-17-. The summed E-state index contributed by atoms with van der Waals surface area (Å²) in [4.78, 5) is 14.8. The average Bonchev–Trinajstić information content (AvgIpc) is 3.36. The van der Waals surface area contributed by atoms with Crippen molar-refractivity contribution in [3.05, 3.63) is 65.2 Å². The van der Waals surface area contributed by atoms with Crippen LogP contribution in [0.5, 0.6) is 11.5 Å². The van der Waals surface area contributed by atoms with Crippen LogP contribution >= 0.6 is 11.3 Å². The molecule has 0 bridgehead atoms. The Hall–Kier alpha value is -3.90. The van der Waals surface area contributed by atoms with Crippen LogP contribution in [0.4, 0.5) is 10.3 Å². The number of aromatic nitrogens is 2. The van der Waals surface area contributed by atoms with E-state index in [2.05, 4.69) is 20.4 Å². The van der Waals surface area contributed by atoms with E-state index < -0.39 is 5.91 Å². The molecular formula is C26H27N5O3S. The van der Waals surface area contributed by atoms with Crippen molar-refractivity contribution in [2.24, 2.45) is 0 Å². The molecule has 1 saturated heterocycles. The van der Waals surface area contributed by atoms with Gasteiger partial charge in [0.2, 0.25) is 10.3 Å². The van der Waals surface area contributed by atoms with Crippen molar-refractivity contribution in [2.45, 2.75) is 26.2 Å². The number of nitrogens with zero attached hydrogens (tertiary/aromatic N) is 4. The van der Waals surface area contributed by atoms with E-state index in [9.17, 15) is 10.1 Å². The molecule has 0 saturated carbocycles. The Bertz CT molecular complexity index is 1190. The smallest absolute Gasteiger partial charge is 0.268 e. The second-order valence-electron chi connectivity index (χ2n) is 8.14. The number of hydrogen-bond acceptors (Lipinski definition) is 8. The largest absolute Gasteiger partial charge is 0.490 e. The fourth-order valence-electron chi connectivity index (χ4n) is 3.57. The van der Waals surface area contributed by atoms with E-state index in [1.165, 1.54) is 29.4 Å². The number of anilines is 2. The maximum atomic E-state index is 12.6. The Kier molecular flexibility index (Phi) is 8.30. The molecule has 1 aliphatic rings. The summed E-state index contributed by atoms with van der Waals surface area (Å²) in [5, 5.41) is 21.6. The van der Waals surface area contributed by atoms with Crippen molar-refractivity contribution in [2.75, 3.05) is 36.5 Å². The summed E-state index contributed by atoms with van der Waals surface area (Å²) in [6.45, 7) is 4.75. The number of rotatable bonds is 9. The summed E-state index contributed by atoms with van der Waals surface area (Å²) >= 11 is 1.32. The van der Waals surface area contributed by atoms with Gasteiger partial charge < -0.3 is 14.4 Å². The van der Waals surface area contributed by atoms with E-state index in [1.54, 1.807) is 24.3 Å². The summed E-state index contributed by atoms with van der Waals surface area (Å²) < 4.78 is 11.4. The van der Waals surface area contributed by atoms with Crippen LogP contribution in [-0.4, -0.2) is 42.4 Å². The van der Waals surface area contributed by atoms with Gasteiger partial charge in [0.05, 0.1) is 0 Å². The molecule has 1 fully saturated rings. The molecule has 0 spiro atoms. The predicted octanol–water partition coefficient (Wildman–Crippen LogP) is 4.84. The minimum Gasteiger partial charge on any atom is -0.490 e. The van der Waals surface area contributed by atoms with Gasteiger partial charge in [0.25, 0.3) is 5.91 Å². The van der Waals surface area contributed by atoms with Gasteiger partial charge in [-0.05, 0) is 62.1 Å². The molecule has 180 valence electrons. The number of benzene rings is 2. The molecule has 35 heavy (non-hydrogen) atoms. The predicted molar refractivity (Wildman–Crippen MR) is 137 cm³/mol. The third kappa shape index (κ3) is 7.04. The lowest BCUT2D eigenvalue weighted by Gasteiger charge is -2.25. The van der Waals surface area contributed by atoms with Crippen LogP contribution < -0.4 is 19.7 Å². The number of piperidine rings is 1. The molecule has 0 unspecified atom stereocenters. The first-order chi connectivity index (χ1) is 17.1. The normalized spacial score (nSPS) is 13.7. The molecule has 0 aliphatic carbocycles. The van der Waals surface area contributed by atoms with Gasteiger partial charge in [-0.25, -0.2) is 0 Å². The summed E-state index contributed by atoms with van der Waals surface area (Å²) in [5.41, 5.74) is 1.88. The van der Waals surface area contributed by atoms with Crippen molar-refractivity contribution in [3.63, 3.8) is 0 Å². The van der Waals surface area contributed by atoms with E-state index in [4.69, 9.17) is 9.47 Å². The lowest BCUT2D eigenvalue weighted by molar-refractivity contribution is -0.112. The summed E-state index contributed by atoms with van der Waals surface area (Å²) in [5.74, 6) is 0.970. The maximum Gasteiger partial charge on any atom is 0.268 e. The van der Waals surface area contributed by atoms with Crippen molar-refractivity contribution in [1.82, 2.24) is 10.2 Å². The van der Waals surface area contributed by atoms with E-state index in [0.717, 1.165) is 36.8 Å². The van der Waals surface area contributed by atoms with Crippen LogP contribution in [0.15, 0.2) is 54.1 Å². The molecule has 0 atom stereocenters. The minimum atomic E-state index is -0.512. The third-order valence-electron chi connectivity index (χ3n) is 5.46. The first-order valence-corrected chi connectivity index (χ1v) is 12.4. The average molecular weight is 490 g/mol. The Morgan fingerprint density at radius 2 is 1.66 bits per heavy atom. The molecule has 1 aliphatic heterocycles. The first kappa shape index (κ1) is 24.2. The van der Waals surface area contributed by atoms with Gasteiger partial charge in [-0.2, -0.15) is 5.26 Å². The number of hydrogen-bond donors (Lipinski definition) is 1. The van der Waals surface area contributed by atoms with Gasteiger partial charge in [-0.3, -0.25) is 10.1 Å². The van der Waals surface area contributed by atoms with Crippen LogP contribution in [0.25, 0.3) is 6.08 Å². The number of nitrogens with one attached hydrogen (secondary N) is 1.